The summed E-state index contributed by atoms with van der Waals surface area (Å²) in [6, 6.07) is 0.303. The van der Waals surface area contributed by atoms with Gasteiger partial charge in [-0.3, -0.25) is 0 Å². The molecule has 2 atom stereocenters. The van der Waals surface area contributed by atoms with Crippen LogP contribution in [0.15, 0.2) is 6.33 Å². The van der Waals surface area contributed by atoms with E-state index in [-0.39, 0.29) is 0 Å². The van der Waals surface area contributed by atoms with Gasteiger partial charge in [-0.15, -0.1) is 0 Å². The van der Waals surface area contributed by atoms with Gasteiger partial charge in [0.2, 0.25) is 0 Å². The summed E-state index contributed by atoms with van der Waals surface area (Å²) in [6.45, 7) is 6.40. The third-order valence-electron chi connectivity index (χ3n) is 3.69. The van der Waals surface area contributed by atoms with Gasteiger partial charge < -0.3 is 5.11 Å². The summed E-state index contributed by atoms with van der Waals surface area (Å²) >= 11 is 0. The van der Waals surface area contributed by atoms with Crippen molar-refractivity contribution in [1.82, 2.24) is 14.8 Å². The summed E-state index contributed by atoms with van der Waals surface area (Å²) in [7, 11) is 0. The minimum atomic E-state index is -0.572. The molecule has 1 saturated carbocycles. The van der Waals surface area contributed by atoms with E-state index in [1.165, 1.54) is 6.42 Å². The second kappa shape index (κ2) is 4.77. The first-order valence-corrected chi connectivity index (χ1v) is 6.61. The van der Waals surface area contributed by atoms with E-state index in [0.29, 0.717) is 18.4 Å². The van der Waals surface area contributed by atoms with Crippen molar-refractivity contribution < 1.29 is 5.11 Å². The van der Waals surface area contributed by atoms with Crippen molar-refractivity contribution in [2.75, 3.05) is 0 Å². The zero-order valence-corrected chi connectivity index (χ0v) is 11.1. The maximum atomic E-state index is 10.6. The Bertz CT molecular complexity index is 374. The van der Waals surface area contributed by atoms with Crippen LogP contribution >= 0.6 is 0 Å². The first-order valence-electron chi connectivity index (χ1n) is 6.61. The standard InChI is InChI=1S/C13H23N3O/c1-10(2)16-12(14-9-15-16)8-13(17)6-4-5-11(3)7-13/h9-11,17H,4-8H2,1-3H3. The zero-order chi connectivity index (χ0) is 12.5. The fourth-order valence-corrected chi connectivity index (χ4v) is 2.92. The molecule has 0 saturated heterocycles. The fraction of sp³-hybridized carbons (Fsp3) is 0.846. The Balaban J connectivity index is 2.11. The molecule has 17 heavy (non-hydrogen) atoms. The first kappa shape index (κ1) is 12.6. The van der Waals surface area contributed by atoms with E-state index < -0.39 is 5.60 Å². The summed E-state index contributed by atoms with van der Waals surface area (Å²) < 4.78 is 1.91. The van der Waals surface area contributed by atoms with Gasteiger partial charge in [0.1, 0.15) is 12.2 Å². The average Bonchev–Trinajstić information content (AvgIpc) is 2.64. The topological polar surface area (TPSA) is 50.9 Å². The number of rotatable bonds is 3. The third kappa shape index (κ3) is 2.86. The highest BCUT2D eigenvalue weighted by Crippen LogP contribution is 2.34. The fourth-order valence-electron chi connectivity index (χ4n) is 2.92. The molecule has 96 valence electrons. The Hall–Kier alpha value is -0.900. The molecule has 0 spiro atoms. The summed E-state index contributed by atoms with van der Waals surface area (Å²) in [6.07, 6.45) is 6.35. The lowest BCUT2D eigenvalue weighted by atomic mass is 9.77. The summed E-state index contributed by atoms with van der Waals surface area (Å²) in [5.41, 5.74) is -0.572. The molecule has 0 aliphatic heterocycles. The van der Waals surface area contributed by atoms with Crippen LogP contribution in [0, 0.1) is 5.92 Å². The van der Waals surface area contributed by atoms with E-state index in [0.717, 1.165) is 25.1 Å². The third-order valence-corrected chi connectivity index (χ3v) is 3.69. The maximum Gasteiger partial charge on any atom is 0.138 e. The van der Waals surface area contributed by atoms with Crippen molar-refractivity contribution >= 4 is 0 Å². The van der Waals surface area contributed by atoms with E-state index in [9.17, 15) is 5.11 Å². The van der Waals surface area contributed by atoms with E-state index in [2.05, 4.69) is 30.9 Å². The maximum absolute atomic E-state index is 10.6. The second-order valence-electron chi connectivity index (χ2n) is 5.82. The van der Waals surface area contributed by atoms with Gasteiger partial charge in [0.15, 0.2) is 0 Å². The van der Waals surface area contributed by atoms with E-state index in [1.807, 2.05) is 4.68 Å². The number of nitrogens with zero attached hydrogens (tertiary/aromatic N) is 3. The lowest BCUT2D eigenvalue weighted by molar-refractivity contribution is -0.0149. The number of hydrogen-bond donors (Lipinski definition) is 1. The van der Waals surface area contributed by atoms with Crippen LogP contribution < -0.4 is 0 Å². The molecular formula is C13H23N3O. The predicted octanol–water partition coefficient (Wildman–Crippen LogP) is 2.34. The van der Waals surface area contributed by atoms with Gasteiger partial charge in [-0.2, -0.15) is 5.10 Å². The number of aliphatic hydroxyl groups is 1. The zero-order valence-electron chi connectivity index (χ0n) is 11.1. The molecule has 1 aliphatic carbocycles. The first-order chi connectivity index (χ1) is 8.00. The van der Waals surface area contributed by atoms with Gasteiger partial charge in [-0.1, -0.05) is 19.8 Å². The molecule has 0 aromatic carbocycles. The molecule has 1 aliphatic rings. The summed E-state index contributed by atoms with van der Waals surface area (Å²) in [5.74, 6) is 1.53. The monoisotopic (exact) mass is 237 g/mol. The highest BCUT2D eigenvalue weighted by molar-refractivity contribution is 4.97. The lowest BCUT2D eigenvalue weighted by Crippen LogP contribution is -2.37. The Labute approximate surface area is 103 Å². The van der Waals surface area contributed by atoms with Gasteiger partial charge in [0.25, 0.3) is 0 Å². The molecular weight excluding hydrogens is 214 g/mol. The SMILES string of the molecule is CC1CCCC(O)(Cc2ncnn2C(C)C)C1. The molecule has 4 heteroatoms. The van der Waals surface area contributed by atoms with Gasteiger partial charge in [-0.05, 0) is 32.6 Å². The molecule has 0 bridgehead atoms. The molecule has 1 aromatic heterocycles. The highest BCUT2D eigenvalue weighted by Gasteiger charge is 2.34. The highest BCUT2D eigenvalue weighted by atomic mass is 16.3. The van der Waals surface area contributed by atoms with Crippen LogP contribution in [0.4, 0.5) is 0 Å². The van der Waals surface area contributed by atoms with Gasteiger partial charge in [-0.25, -0.2) is 9.67 Å². The Morgan fingerprint density at radius 2 is 2.35 bits per heavy atom. The van der Waals surface area contributed by atoms with Crippen molar-refractivity contribution in [1.29, 1.82) is 0 Å². The average molecular weight is 237 g/mol. The molecule has 0 amide bonds. The Morgan fingerprint density at radius 3 is 3.00 bits per heavy atom. The Morgan fingerprint density at radius 1 is 1.59 bits per heavy atom. The normalized spacial score (nSPS) is 29.8. The van der Waals surface area contributed by atoms with Crippen molar-refractivity contribution in [2.45, 2.75) is 64.5 Å². The van der Waals surface area contributed by atoms with Gasteiger partial charge in [0.05, 0.1) is 5.60 Å². The smallest absolute Gasteiger partial charge is 0.138 e. The number of aromatic nitrogens is 3. The van der Waals surface area contributed by atoms with Crippen LogP contribution in [0.3, 0.4) is 0 Å². The molecule has 1 aromatic rings. The van der Waals surface area contributed by atoms with Crippen molar-refractivity contribution in [3.05, 3.63) is 12.2 Å². The van der Waals surface area contributed by atoms with Gasteiger partial charge >= 0.3 is 0 Å². The molecule has 4 nitrogen and oxygen atoms in total. The van der Waals surface area contributed by atoms with Crippen molar-refractivity contribution in [3.63, 3.8) is 0 Å². The molecule has 2 unspecified atom stereocenters. The largest absolute Gasteiger partial charge is 0.389 e. The molecule has 0 radical (unpaired) electrons. The van der Waals surface area contributed by atoms with Crippen molar-refractivity contribution in [3.8, 4) is 0 Å². The van der Waals surface area contributed by atoms with Crippen LogP contribution in [0.2, 0.25) is 0 Å². The van der Waals surface area contributed by atoms with Crippen LogP contribution in [-0.4, -0.2) is 25.5 Å². The van der Waals surface area contributed by atoms with Crippen LogP contribution in [0.25, 0.3) is 0 Å². The van der Waals surface area contributed by atoms with Crippen LogP contribution in [0.5, 0.6) is 0 Å². The summed E-state index contributed by atoms with van der Waals surface area (Å²) in [5, 5.41) is 14.9. The van der Waals surface area contributed by atoms with Crippen LogP contribution in [0.1, 0.15) is 58.3 Å². The minimum Gasteiger partial charge on any atom is -0.389 e. The van der Waals surface area contributed by atoms with Crippen molar-refractivity contribution in [2.24, 2.45) is 5.92 Å². The van der Waals surface area contributed by atoms with E-state index >= 15 is 0 Å². The molecule has 1 fully saturated rings. The summed E-state index contributed by atoms with van der Waals surface area (Å²) in [4.78, 5) is 4.29. The molecule has 2 rings (SSSR count). The molecule has 1 N–H and O–H groups in total. The quantitative estimate of drug-likeness (QED) is 0.878. The second-order valence-corrected chi connectivity index (χ2v) is 5.82. The lowest BCUT2D eigenvalue weighted by Gasteiger charge is -2.35. The minimum absolute atomic E-state index is 0.303. The number of hydrogen-bond acceptors (Lipinski definition) is 3. The van der Waals surface area contributed by atoms with E-state index in [1.54, 1.807) is 6.33 Å². The molecule has 1 heterocycles. The Kier molecular flexibility index (Phi) is 3.52. The van der Waals surface area contributed by atoms with Gasteiger partial charge in [0, 0.05) is 12.5 Å². The van der Waals surface area contributed by atoms with Crippen LogP contribution in [-0.2, 0) is 6.42 Å². The van der Waals surface area contributed by atoms with E-state index in [4.69, 9.17) is 0 Å². The predicted molar refractivity (Wildman–Crippen MR) is 66.7 cm³/mol.